The molecule has 0 amide bonds. The van der Waals surface area contributed by atoms with E-state index >= 15 is 0 Å². The number of pyridine rings is 1. The van der Waals surface area contributed by atoms with E-state index in [1.165, 1.54) is 36.1 Å². The van der Waals surface area contributed by atoms with Gasteiger partial charge in [0.2, 0.25) is 0 Å². The Morgan fingerprint density at radius 3 is 2.67 bits per heavy atom. The van der Waals surface area contributed by atoms with Crippen molar-refractivity contribution >= 4 is 5.82 Å². The number of piperazine rings is 1. The molecule has 4 fully saturated rings. The summed E-state index contributed by atoms with van der Waals surface area (Å²) in [7, 11) is 0. The zero-order valence-electron chi connectivity index (χ0n) is 14.1. The first-order chi connectivity index (χ1) is 11.8. The average molecular weight is 321 g/mol. The fourth-order valence-corrected chi connectivity index (χ4v) is 4.18. The third-order valence-corrected chi connectivity index (χ3v) is 5.63. The number of aromatic nitrogens is 3. The summed E-state index contributed by atoms with van der Waals surface area (Å²) in [5.74, 6) is 1.81. The highest BCUT2D eigenvalue weighted by atomic mass is 15.4. The summed E-state index contributed by atoms with van der Waals surface area (Å²) in [6.07, 6.45) is 9.58. The zero-order chi connectivity index (χ0) is 16.1. The molecule has 0 aromatic carbocycles. The van der Waals surface area contributed by atoms with Gasteiger partial charge in [-0.3, -0.25) is 9.88 Å². The van der Waals surface area contributed by atoms with Crippen LogP contribution in [0.2, 0.25) is 0 Å². The van der Waals surface area contributed by atoms with Crippen molar-refractivity contribution in [1.29, 1.82) is 0 Å². The van der Waals surface area contributed by atoms with Crippen molar-refractivity contribution in [2.75, 3.05) is 18.0 Å². The van der Waals surface area contributed by atoms with Gasteiger partial charge >= 0.3 is 0 Å². The quantitative estimate of drug-likeness (QED) is 0.866. The standard InChI is InChI=1S/C19H23N5/c1-13-4-14(8-20-7-13)9-24-16-5-17(24)11-23(10-16)19-6-18(15-2-3-15)21-12-22-19/h4,6-8,12,15-17H,2-3,5,9-11H2,1H3. The lowest BCUT2D eigenvalue weighted by Gasteiger charge is -2.56. The Bertz CT molecular complexity index is 745. The monoisotopic (exact) mass is 321 g/mol. The van der Waals surface area contributed by atoms with E-state index in [1.54, 1.807) is 6.33 Å². The van der Waals surface area contributed by atoms with Crippen LogP contribution in [0.3, 0.4) is 0 Å². The highest BCUT2D eigenvalue weighted by molar-refractivity contribution is 5.43. The fourth-order valence-electron chi connectivity index (χ4n) is 4.18. The molecule has 0 radical (unpaired) electrons. The summed E-state index contributed by atoms with van der Waals surface area (Å²) in [6, 6.07) is 5.76. The van der Waals surface area contributed by atoms with Crippen LogP contribution in [-0.2, 0) is 6.54 Å². The molecule has 3 saturated heterocycles. The van der Waals surface area contributed by atoms with Gasteiger partial charge in [-0.05, 0) is 37.3 Å². The number of aryl methyl sites for hydroxylation is 1. The summed E-state index contributed by atoms with van der Waals surface area (Å²) in [5.41, 5.74) is 3.81. The van der Waals surface area contributed by atoms with Gasteiger partial charge in [0.15, 0.2) is 0 Å². The topological polar surface area (TPSA) is 45.2 Å². The summed E-state index contributed by atoms with van der Waals surface area (Å²) < 4.78 is 0. The molecule has 2 bridgehead atoms. The van der Waals surface area contributed by atoms with Crippen molar-refractivity contribution in [2.45, 2.75) is 50.7 Å². The minimum atomic E-state index is 0.642. The van der Waals surface area contributed by atoms with E-state index in [2.05, 4.69) is 43.8 Å². The van der Waals surface area contributed by atoms with E-state index in [4.69, 9.17) is 0 Å². The van der Waals surface area contributed by atoms with Crippen LogP contribution in [0.1, 0.15) is 42.0 Å². The fraction of sp³-hybridized carbons (Fsp3) is 0.526. The zero-order valence-corrected chi connectivity index (χ0v) is 14.1. The van der Waals surface area contributed by atoms with Gasteiger partial charge in [0.1, 0.15) is 12.1 Å². The Morgan fingerprint density at radius 1 is 1.08 bits per heavy atom. The summed E-state index contributed by atoms with van der Waals surface area (Å²) in [5, 5.41) is 0. The van der Waals surface area contributed by atoms with Gasteiger partial charge in [-0.25, -0.2) is 9.97 Å². The van der Waals surface area contributed by atoms with Crippen molar-refractivity contribution in [3.05, 3.63) is 47.7 Å². The second-order valence-electron chi connectivity index (χ2n) is 7.57. The first-order valence-corrected chi connectivity index (χ1v) is 8.99. The predicted octanol–water partition coefficient (Wildman–Crippen LogP) is 2.52. The van der Waals surface area contributed by atoms with Gasteiger partial charge < -0.3 is 4.90 Å². The molecule has 5 heterocycles. The van der Waals surface area contributed by atoms with Crippen molar-refractivity contribution < 1.29 is 0 Å². The molecular formula is C19H23N5. The van der Waals surface area contributed by atoms with Crippen LogP contribution >= 0.6 is 0 Å². The Balaban J connectivity index is 1.28. The van der Waals surface area contributed by atoms with Gasteiger partial charge in [-0.2, -0.15) is 0 Å². The molecule has 24 heavy (non-hydrogen) atoms. The lowest BCUT2D eigenvalue weighted by molar-refractivity contribution is -0.00878. The average Bonchev–Trinajstić information content (AvgIpc) is 3.45. The number of hydrogen-bond acceptors (Lipinski definition) is 5. The Hall–Kier alpha value is -2.01. The maximum Gasteiger partial charge on any atom is 0.132 e. The smallest absolute Gasteiger partial charge is 0.132 e. The molecule has 6 rings (SSSR count). The number of piperidine rings is 1. The maximum absolute atomic E-state index is 4.54. The Kier molecular flexibility index (Phi) is 3.30. The number of fused-ring (bicyclic) bond motifs is 2. The number of hydrogen-bond donors (Lipinski definition) is 0. The molecule has 0 N–H and O–H groups in total. The normalized spacial score (nSPS) is 26.3. The second kappa shape index (κ2) is 5.52. The third-order valence-electron chi connectivity index (χ3n) is 5.63. The minimum Gasteiger partial charge on any atom is -0.353 e. The molecule has 0 spiro atoms. The minimum absolute atomic E-state index is 0.642. The number of nitrogens with zero attached hydrogens (tertiary/aromatic N) is 5. The van der Waals surface area contributed by atoms with Crippen LogP contribution in [0.5, 0.6) is 0 Å². The van der Waals surface area contributed by atoms with Crippen molar-refractivity contribution in [1.82, 2.24) is 19.9 Å². The van der Waals surface area contributed by atoms with Gasteiger partial charge in [-0.1, -0.05) is 6.07 Å². The van der Waals surface area contributed by atoms with E-state index < -0.39 is 0 Å². The van der Waals surface area contributed by atoms with Crippen LogP contribution in [0.25, 0.3) is 0 Å². The molecule has 4 aliphatic rings. The third kappa shape index (κ3) is 2.57. The van der Waals surface area contributed by atoms with Gasteiger partial charge in [0, 0.05) is 61.8 Å². The van der Waals surface area contributed by atoms with Crippen LogP contribution in [0.15, 0.2) is 30.9 Å². The van der Waals surface area contributed by atoms with E-state index in [0.29, 0.717) is 18.0 Å². The van der Waals surface area contributed by atoms with Crippen molar-refractivity contribution in [2.24, 2.45) is 0 Å². The molecule has 2 aromatic heterocycles. The van der Waals surface area contributed by atoms with Crippen LogP contribution in [0.4, 0.5) is 5.82 Å². The molecule has 5 nitrogen and oxygen atoms in total. The Morgan fingerprint density at radius 2 is 1.92 bits per heavy atom. The molecule has 2 aromatic rings. The molecular weight excluding hydrogens is 298 g/mol. The van der Waals surface area contributed by atoms with Crippen LogP contribution in [0, 0.1) is 6.92 Å². The van der Waals surface area contributed by atoms with E-state index in [9.17, 15) is 0 Å². The molecule has 1 aliphatic carbocycles. The van der Waals surface area contributed by atoms with E-state index in [-0.39, 0.29) is 0 Å². The molecule has 2 unspecified atom stereocenters. The molecule has 3 aliphatic heterocycles. The largest absolute Gasteiger partial charge is 0.353 e. The predicted molar refractivity (Wildman–Crippen MR) is 92.9 cm³/mol. The first kappa shape index (κ1) is 14.3. The number of rotatable bonds is 4. The summed E-state index contributed by atoms with van der Waals surface area (Å²) >= 11 is 0. The van der Waals surface area contributed by atoms with E-state index in [0.717, 1.165) is 25.5 Å². The lowest BCUT2D eigenvalue weighted by atomic mass is 9.87. The highest BCUT2D eigenvalue weighted by Crippen LogP contribution is 2.40. The number of anilines is 1. The maximum atomic E-state index is 4.54. The van der Waals surface area contributed by atoms with E-state index in [1.807, 2.05) is 12.4 Å². The molecule has 124 valence electrons. The van der Waals surface area contributed by atoms with Crippen LogP contribution < -0.4 is 4.90 Å². The van der Waals surface area contributed by atoms with Crippen molar-refractivity contribution in [3.8, 4) is 0 Å². The SMILES string of the molecule is Cc1cncc(CN2C3CC2CN(c2cc(C4CC4)ncn2)C3)c1. The van der Waals surface area contributed by atoms with Gasteiger partial charge in [0.05, 0.1) is 0 Å². The second-order valence-corrected chi connectivity index (χ2v) is 7.57. The summed E-state index contributed by atoms with van der Waals surface area (Å²) in [6.45, 7) is 5.30. The van der Waals surface area contributed by atoms with Crippen LogP contribution in [-0.4, -0.2) is 45.0 Å². The van der Waals surface area contributed by atoms with Gasteiger partial charge in [-0.15, -0.1) is 0 Å². The molecule has 5 heteroatoms. The molecule has 2 atom stereocenters. The Labute approximate surface area is 142 Å². The molecule has 1 saturated carbocycles. The van der Waals surface area contributed by atoms with Crippen molar-refractivity contribution in [3.63, 3.8) is 0 Å². The van der Waals surface area contributed by atoms with Gasteiger partial charge in [0.25, 0.3) is 0 Å². The first-order valence-electron chi connectivity index (χ1n) is 8.99. The highest BCUT2D eigenvalue weighted by Gasteiger charge is 2.44. The lowest BCUT2D eigenvalue weighted by Crippen LogP contribution is -2.68. The summed E-state index contributed by atoms with van der Waals surface area (Å²) in [4.78, 5) is 18.4.